The molecule has 24 heavy (non-hydrogen) atoms. The van der Waals surface area contributed by atoms with Gasteiger partial charge in [0.2, 0.25) is 0 Å². The number of carbonyl (C=O) groups excluding carboxylic acids is 1. The van der Waals surface area contributed by atoms with E-state index in [9.17, 15) is 9.18 Å². The monoisotopic (exact) mass is 332 g/mol. The van der Waals surface area contributed by atoms with Crippen molar-refractivity contribution in [3.8, 4) is 11.3 Å². The summed E-state index contributed by atoms with van der Waals surface area (Å²) in [5, 5.41) is 9.71. The number of amides is 1. The highest BCUT2D eigenvalue weighted by atomic mass is 19.1. The van der Waals surface area contributed by atoms with E-state index in [1.165, 1.54) is 18.3 Å². The molecule has 2 N–H and O–H groups in total. The smallest absolute Gasteiger partial charge is 0.255 e. The van der Waals surface area contributed by atoms with Crippen LogP contribution in [0.3, 0.4) is 0 Å². The van der Waals surface area contributed by atoms with Crippen LogP contribution in [0.5, 0.6) is 0 Å². The van der Waals surface area contributed by atoms with Crippen molar-refractivity contribution in [3.63, 3.8) is 0 Å². The van der Waals surface area contributed by atoms with Gasteiger partial charge in [-0.05, 0) is 31.2 Å². The Balaban J connectivity index is 1.63. The summed E-state index contributed by atoms with van der Waals surface area (Å²) in [4.78, 5) is 14.8. The Bertz CT molecular complexity index is 680. The molecule has 7 heteroatoms. The maximum Gasteiger partial charge on any atom is 0.255 e. The van der Waals surface area contributed by atoms with E-state index in [2.05, 4.69) is 27.3 Å². The molecule has 1 aromatic heterocycles. The largest absolute Gasteiger partial charge is 0.379 e. The molecule has 0 spiro atoms. The van der Waals surface area contributed by atoms with Crippen molar-refractivity contribution in [2.75, 3.05) is 32.8 Å². The maximum atomic E-state index is 13.1. The first kappa shape index (κ1) is 16.6. The summed E-state index contributed by atoms with van der Waals surface area (Å²) in [5.41, 5.74) is 1.77. The Morgan fingerprint density at radius 3 is 2.79 bits per heavy atom. The highest BCUT2D eigenvalue weighted by Crippen LogP contribution is 2.21. The second-order valence-electron chi connectivity index (χ2n) is 5.87. The Morgan fingerprint density at radius 2 is 2.08 bits per heavy atom. The van der Waals surface area contributed by atoms with Crippen LogP contribution in [0.2, 0.25) is 0 Å². The van der Waals surface area contributed by atoms with E-state index in [-0.39, 0.29) is 17.8 Å². The normalized spacial score (nSPS) is 16.8. The molecular formula is C17H21FN4O2. The summed E-state index contributed by atoms with van der Waals surface area (Å²) < 4.78 is 18.4. The van der Waals surface area contributed by atoms with Gasteiger partial charge in [-0.25, -0.2) is 4.39 Å². The van der Waals surface area contributed by atoms with Gasteiger partial charge in [-0.15, -0.1) is 0 Å². The molecule has 128 valence electrons. The zero-order valence-corrected chi connectivity index (χ0v) is 13.6. The van der Waals surface area contributed by atoms with Crippen molar-refractivity contribution in [2.45, 2.75) is 13.0 Å². The van der Waals surface area contributed by atoms with Gasteiger partial charge in [0.1, 0.15) is 5.82 Å². The molecule has 0 bridgehead atoms. The number of aromatic amines is 1. The van der Waals surface area contributed by atoms with Crippen LogP contribution in [0.25, 0.3) is 11.3 Å². The summed E-state index contributed by atoms with van der Waals surface area (Å²) in [6.07, 6.45) is 1.49. The number of nitrogens with one attached hydrogen (secondary N) is 2. The minimum Gasteiger partial charge on any atom is -0.379 e. The van der Waals surface area contributed by atoms with Crippen LogP contribution in [0, 0.1) is 5.82 Å². The first-order valence-electron chi connectivity index (χ1n) is 8.04. The molecule has 1 amide bonds. The molecule has 1 aliphatic heterocycles. The van der Waals surface area contributed by atoms with Crippen LogP contribution in [-0.4, -0.2) is 59.9 Å². The zero-order valence-electron chi connectivity index (χ0n) is 13.6. The molecule has 1 aromatic carbocycles. The van der Waals surface area contributed by atoms with Gasteiger partial charge < -0.3 is 10.1 Å². The third-order valence-corrected chi connectivity index (χ3v) is 4.24. The standard InChI is InChI=1S/C17H21FN4O2/c1-12(22-6-8-24-9-7-22)10-19-17(23)15-11-20-21-16(15)13-2-4-14(18)5-3-13/h2-5,11-12H,6-10H2,1H3,(H,19,23)(H,20,21)/t12-/m0/s1. The average molecular weight is 332 g/mol. The lowest BCUT2D eigenvalue weighted by molar-refractivity contribution is 0.0204. The molecule has 3 rings (SSSR count). The minimum atomic E-state index is -0.316. The van der Waals surface area contributed by atoms with Gasteiger partial charge in [-0.1, -0.05) is 0 Å². The van der Waals surface area contributed by atoms with E-state index in [1.54, 1.807) is 12.1 Å². The second kappa shape index (κ2) is 7.55. The van der Waals surface area contributed by atoms with Crippen LogP contribution in [0.15, 0.2) is 30.5 Å². The second-order valence-corrected chi connectivity index (χ2v) is 5.87. The van der Waals surface area contributed by atoms with Crippen molar-refractivity contribution in [1.82, 2.24) is 20.4 Å². The number of benzene rings is 1. The lowest BCUT2D eigenvalue weighted by Gasteiger charge is -2.32. The minimum absolute atomic E-state index is 0.191. The van der Waals surface area contributed by atoms with E-state index >= 15 is 0 Å². The van der Waals surface area contributed by atoms with Crippen molar-refractivity contribution in [3.05, 3.63) is 41.8 Å². The van der Waals surface area contributed by atoms with Crippen molar-refractivity contribution in [2.24, 2.45) is 0 Å². The molecular weight excluding hydrogens is 311 g/mol. The molecule has 1 aliphatic rings. The molecule has 0 unspecified atom stereocenters. The van der Waals surface area contributed by atoms with Crippen molar-refractivity contribution >= 4 is 5.91 Å². The quantitative estimate of drug-likeness (QED) is 0.874. The Labute approximate surface area is 140 Å². The Morgan fingerprint density at radius 1 is 1.38 bits per heavy atom. The SMILES string of the molecule is C[C@@H](CNC(=O)c1cn[nH]c1-c1ccc(F)cc1)N1CCOCC1. The first-order chi connectivity index (χ1) is 11.6. The number of morpholine rings is 1. The number of hydrogen-bond donors (Lipinski definition) is 2. The van der Waals surface area contributed by atoms with Crippen LogP contribution >= 0.6 is 0 Å². The summed E-state index contributed by atoms with van der Waals surface area (Å²) in [5.74, 6) is -0.508. The number of carbonyl (C=O) groups is 1. The van der Waals surface area contributed by atoms with Crippen LogP contribution in [0.4, 0.5) is 4.39 Å². The molecule has 1 fully saturated rings. The van der Waals surface area contributed by atoms with E-state index in [0.717, 1.165) is 31.9 Å². The zero-order chi connectivity index (χ0) is 16.9. The molecule has 0 aliphatic carbocycles. The topological polar surface area (TPSA) is 70.2 Å². The number of rotatable bonds is 5. The van der Waals surface area contributed by atoms with E-state index in [4.69, 9.17) is 4.74 Å². The van der Waals surface area contributed by atoms with Gasteiger partial charge in [-0.3, -0.25) is 14.8 Å². The number of ether oxygens (including phenoxy) is 1. The van der Waals surface area contributed by atoms with Gasteiger partial charge in [0.05, 0.1) is 30.7 Å². The van der Waals surface area contributed by atoms with Crippen LogP contribution in [-0.2, 0) is 4.74 Å². The molecule has 0 saturated carbocycles. The summed E-state index contributed by atoms with van der Waals surface area (Å²) in [6.45, 7) is 5.85. The van der Waals surface area contributed by atoms with Gasteiger partial charge in [-0.2, -0.15) is 5.10 Å². The number of nitrogens with zero attached hydrogens (tertiary/aromatic N) is 2. The highest BCUT2D eigenvalue weighted by Gasteiger charge is 2.19. The van der Waals surface area contributed by atoms with Gasteiger partial charge in [0, 0.05) is 31.2 Å². The molecule has 2 heterocycles. The lowest BCUT2D eigenvalue weighted by atomic mass is 10.1. The number of H-pyrrole nitrogens is 1. The van der Waals surface area contributed by atoms with Crippen molar-refractivity contribution < 1.29 is 13.9 Å². The molecule has 0 radical (unpaired) electrons. The Kier molecular flexibility index (Phi) is 5.22. The van der Waals surface area contributed by atoms with Crippen LogP contribution < -0.4 is 5.32 Å². The molecule has 1 atom stereocenters. The summed E-state index contributed by atoms with van der Waals surface area (Å²) in [6, 6.07) is 6.20. The maximum absolute atomic E-state index is 13.1. The fourth-order valence-corrected chi connectivity index (χ4v) is 2.78. The highest BCUT2D eigenvalue weighted by molar-refractivity contribution is 5.99. The number of halogens is 1. The van der Waals surface area contributed by atoms with E-state index in [1.807, 2.05) is 0 Å². The molecule has 1 saturated heterocycles. The van der Waals surface area contributed by atoms with Gasteiger partial charge >= 0.3 is 0 Å². The first-order valence-corrected chi connectivity index (χ1v) is 8.04. The van der Waals surface area contributed by atoms with Gasteiger partial charge in [0.25, 0.3) is 5.91 Å². The lowest BCUT2D eigenvalue weighted by Crippen LogP contribution is -2.47. The fraction of sp³-hybridized carbons (Fsp3) is 0.412. The average Bonchev–Trinajstić information content (AvgIpc) is 3.10. The molecule has 2 aromatic rings. The third-order valence-electron chi connectivity index (χ3n) is 4.24. The third kappa shape index (κ3) is 3.80. The summed E-state index contributed by atoms with van der Waals surface area (Å²) >= 11 is 0. The Hall–Kier alpha value is -2.25. The fourth-order valence-electron chi connectivity index (χ4n) is 2.78. The number of hydrogen-bond acceptors (Lipinski definition) is 4. The van der Waals surface area contributed by atoms with Crippen molar-refractivity contribution in [1.29, 1.82) is 0 Å². The van der Waals surface area contributed by atoms with E-state index in [0.29, 0.717) is 17.8 Å². The predicted molar refractivity (Wildman–Crippen MR) is 88.2 cm³/mol. The van der Waals surface area contributed by atoms with Gasteiger partial charge in [0.15, 0.2) is 0 Å². The number of aromatic nitrogens is 2. The molecule has 6 nitrogen and oxygen atoms in total. The van der Waals surface area contributed by atoms with E-state index < -0.39 is 0 Å². The predicted octanol–water partition coefficient (Wildman–Crippen LogP) is 1.67. The summed E-state index contributed by atoms with van der Waals surface area (Å²) in [7, 11) is 0. The van der Waals surface area contributed by atoms with Crippen LogP contribution in [0.1, 0.15) is 17.3 Å².